The number of rotatable bonds is 3. The van der Waals surface area contributed by atoms with Crippen molar-refractivity contribution < 1.29 is 14.6 Å². The fourth-order valence-electron chi connectivity index (χ4n) is 1.83. The number of ether oxygens (including phenoxy) is 1. The number of aryl methyl sites for hydroxylation is 1. The maximum Gasteiger partial charge on any atom is 0.335 e. The number of aromatic carboxylic acids is 1. The smallest absolute Gasteiger partial charge is 0.335 e. The Labute approximate surface area is 100 Å². The molecule has 2 heterocycles. The second-order valence-corrected chi connectivity index (χ2v) is 3.96. The van der Waals surface area contributed by atoms with Crippen molar-refractivity contribution in [3.05, 3.63) is 23.4 Å². The number of pyridine rings is 1. The molecule has 0 saturated carbocycles. The Morgan fingerprint density at radius 2 is 2.18 bits per heavy atom. The zero-order valence-corrected chi connectivity index (χ0v) is 9.85. The fourth-order valence-corrected chi connectivity index (χ4v) is 1.83. The highest BCUT2D eigenvalue weighted by Crippen LogP contribution is 2.17. The molecule has 92 valence electrons. The first-order valence-electron chi connectivity index (χ1n) is 5.77. The molecule has 5 heteroatoms. The van der Waals surface area contributed by atoms with Gasteiger partial charge in [0.2, 0.25) is 0 Å². The average molecular weight is 236 g/mol. The SMILES string of the molecule is CCc1cc(C(=O)O)cc(N2CCOCC2)n1. The molecule has 0 spiro atoms. The lowest BCUT2D eigenvalue weighted by atomic mass is 10.2. The first-order valence-corrected chi connectivity index (χ1v) is 5.77. The van der Waals surface area contributed by atoms with Crippen LogP contribution in [0, 0.1) is 0 Å². The van der Waals surface area contributed by atoms with Gasteiger partial charge in [0.15, 0.2) is 0 Å². The number of hydrogen-bond acceptors (Lipinski definition) is 4. The molecule has 0 atom stereocenters. The van der Waals surface area contributed by atoms with Gasteiger partial charge < -0.3 is 14.7 Å². The molecule has 0 radical (unpaired) electrons. The number of nitrogens with zero attached hydrogens (tertiary/aromatic N) is 2. The van der Waals surface area contributed by atoms with E-state index in [2.05, 4.69) is 9.88 Å². The molecule has 5 nitrogen and oxygen atoms in total. The van der Waals surface area contributed by atoms with Gasteiger partial charge in [0, 0.05) is 18.8 Å². The predicted octanol–water partition coefficient (Wildman–Crippen LogP) is 1.18. The molecule has 1 aliphatic rings. The summed E-state index contributed by atoms with van der Waals surface area (Å²) in [5, 5.41) is 9.06. The van der Waals surface area contributed by atoms with Gasteiger partial charge in [-0.05, 0) is 18.6 Å². The third kappa shape index (κ3) is 2.74. The predicted molar refractivity (Wildman–Crippen MR) is 63.6 cm³/mol. The van der Waals surface area contributed by atoms with Crippen molar-refractivity contribution in [3.8, 4) is 0 Å². The van der Waals surface area contributed by atoms with Gasteiger partial charge in [0.05, 0.1) is 18.8 Å². The monoisotopic (exact) mass is 236 g/mol. The van der Waals surface area contributed by atoms with Crippen molar-refractivity contribution in [2.24, 2.45) is 0 Å². The van der Waals surface area contributed by atoms with Gasteiger partial charge in [0.25, 0.3) is 0 Å². The Balaban J connectivity index is 2.31. The zero-order valence-electron chi connectivity index (χ0n) is 9.85. The van der Waals surface area contributed by atoms with Crippen LogP contribution in [0.2, 0.25) is 0 Å². The van der Waals surface area contributed by atoms with E-state index >= 15 is 0 Å². The highest BCUT2D eigenvalue weighted by Gasteiger charge is 2.15. The Morgan fingerprint density at radius 1 is 1.47 bits per heavy atom. The molecule has 0 unspecified atom stereocenters. The van der Waals surface area contributed by atoms with Gasteiger partial charge >= 0.3 is 5.97 Å². The van der Waals surface area contributed by atoms with Crippen LogP contribution >= 0.6 is 0 Å². The van der Waals surface area contributed by atoms with E-state index in [1.807, 2.05) is 6.92 Å². The van der Waals surface area contributed by atoms with Crippen LogP contribution in [0.15, 0.2) is 12.1 Å². The van der Waals surface area contributed by atoms with Crippen molar-refractivity contribution in [1.29, 1.82) is 0 Å². The van der Waals surface area contributed by atoms with E-state index in [0.29, 0.717) is 18.8 Å². The summed E-state index contributed by atoms with van der Waals surface area (Å²) in [6.45, 7) is 4.83. The van der Waals surface area contributed by atoms with Crippen LogP contribution in [0.25, 0.3) is 0 Å². The van der Waals surface area contributed by atoms with E-state index in [1.165, 1.54) is 0 Å². The molecule has 0 amide bonds. The van der Waals surface area contributed by atoms with Gasteiger partial charge in [-0.25, -0.2) is 9.78 Å². The van der Waals surface area contributed by atoms with Crippen LogP contribution in [0.1, 0.15) is 23.0 Å². The molecule has 0 aromatic carbocycles. The van der Waals surface area contributed by atoms with E-state index in [9.17, 15) is 4.79 Å². The molecule has 1 aliphatic heterocycles. The van der Waals surface area contributed by atoms with Crippen LogP contribution in [0.4, 0.5) is 5.82 Å². The summed E-state index contributed by atoms with van der Waals surface area (Å²) in [6, 6.07) is 3.26. The summed E-state index contributed by atoms with van der Waals surface area (Å²) < 4.78 is 5.27. The van der Waals surface area contributed by atoms with Crippen molar-refractivity contribution in [3.63, 3.8) is 0 Å². The van der Waals surface area contributed by atoms with Crippen LogP contribution in [-0.2, 0) is 11.2 Å². The molecule has 0 bridgehead atoms. The van der Waals surface area contributed by atoms with Crippen molar-refractivity contribution in [1.82, 2.24) is 4.98 Å². The highest BCUT2D eigenvalue weighted by atomic mass is 16.5. The van der Waals surface area contributed by atoms with Gasteiger partial charge in [-0.15, -0.1) is 0 Å². The number of hydrogen-bond donors (Lipinski definition) is 1. The van der Waals surface area contributed by atoms with Gasteiger partial charge in [-0.1, -0.05) is 6.92 Å². The molecule has 1 aromatic heterocycles. The van der Waals surface area contributed by atoms with Crippen LogP contribution in [0.3, 0.4) is 0 Å². The first kappa shape index (κ1) is 11.9. The molecule has 0 aliphatic carbocycles. The fraction of sp³-hybridized carbons (Fsp3) is 0.500. The largest absolute Gasteiger partial charge is 0.478 e. The summed E-state index contributed by atoms with van der Waals surface area (Å²) in [7, 11) is 0. The third-order valence-electron chi connectivity index (χ3n) is 2.81. The summed E-state index contributed by atoms with van der Waals surface area (Å²) in [5.41, 5.74) is 1.12. The number of morpholine rings is 1. The lowest BCUT2D eigenvalue weighted by Gasteiger charge is -2.28. The second kappa shape index (κ2) is 5.14. The highest BCUT2D eigenvalue weighted by molar-refractivity contribution is 5.88. The van der Waals surface area contributed by atoms with Crippen LogP contribution < -0.4 is 4.90 Å². The Bertz CT molecular complexity index is 414. The maximum atomic E-state index is 11.0. The summed E-state index contributed by atoms with van der Waals surface area (Å²) >= 11 is 0. The summed E-state index contributed by atoms with van der Waals surface area (Å²) in [6.07, 6.45) is 0.735. The standard InChI is InChI=1S/C12H16N2O3/c1-2-10-7-9(12(15)16)8-11(13-10)14-3-5-17-6-4-14/h7-8H,2-6H2,1H3,(H,15,16). The molecule has 1 aromatic rings. The van der Waals surface area contributed by atoms with Crippen molar-refractivity contribution in [2.45, 2.75) is 13.3 Å². The number of carboxylic acid groups (broad SMARTS) is 1. The Kier molecular flexibility index (Phi) is 3.58. The van der Waals surface area contributed by atoms with Crippen LogP contribution in [0.5, 0.6) is 0 Å². The Hall–Kier alpha value is -1.62. The van der Waals surface area contributed by atoms with Crippen molar-refractivity contribution in [2.75, 3.05) is 31.2 Å². The van der Waals surface area contributed by atoms with E-state index in [1.54, 1.807) is 12.1 Å². The minimum atomic E-state index is -0.906. The minimum absolute atomic E-state index is 0.304. The molecule has 2 rings (SSSR count). The second-order valence-electron chi connectivity index (χ2n) is 3.96. The number of aromatic nitrogens is 1. The Morgan fingerprint density at radius 3 is 2.76 bits per heavy atom. The number of anilines is 1. The lowest BCUT2D eigenvalue weighted by molar-refractivity contribution is 0.0696. The van der Waals surface area contributed by atoms with Gasteiger partial charge in [0.1, 0.15) is 5.82 Å². The van der Waals surface area contributed by atoms with Crippen molar-refractivity contribution >= 4 is 11.8 Å². The van der Waals surface area contributed by atoms with E-state index < -0.39 is 5.97 Å². The molecule has 1 N–H and O–H groups in total. The zero-order chi connectivity index (χ0) is 12.3. The van der Waals surface area contributed by atoms with E-state index in [0.717, 1.165) is 31.0 Å². The number of carboxylic acids is 1. The molecule has 1 fully saturated rings. The maximum absolute atomic E-state index is 11.0. The summed E-state index contributed by atoms with van der Waals surface area (Å²) in [5.74, 6) is -0.165. The molecule has 17 heavy (non-hydrogen) atoms. The van der Waals surface area contributed by atoms with E-state index in [4.69, 9.17) is 9.84 Å². The van der Waals surface area contributed by atoms with Gasteiger partial charge in [-0.3, -0.25) is 0 Å². The van der Waals surface area contributed by atoms with Gasteiger partial charge in [-0.2, -0.15) is 0 Å². The van der Waals surface area contributed by atoms with Crippen LogP contribution in [-0.4, -0.2) is 42.4 Å². The lowest BCUT2D eigenvalue weighted by Crippen LogP contribution is -2.37. The number of carbonyl (C=O) groups is 1. The van der Waals surface area contributed by atoms with E-state index in [-0.39, 0.29) is 0 Å². The third-order valence-corrected chi connectivity index (χ3v) is 2.81. The minimum Gasteiger partial charge on any atom is -0.478 e. The average Bonchev–Trinajstić information content (AvgIpc) is 2.39. The summed E-state index contributed by atoms with van der Waals surface area (Å²) in [4.78, 5) is 17.6. The normalized spacial score (nSPS) is 15.9. The first-order chi connectivity index (χ1) is 8.20. The topological polar surface area (TPSA) is 62.7 Å². The molecule has 1 saturated heterocycles. The molecular weight excluding hydrogens is 220 g/mol. The quantitative estimate of drug-likeness (QED) is 0.853. The molecular formula is C12H16N2O3.